The van der Waals surface area contributed by atoms with Gasteiger partial charge in [-0.3, -0.25) is 0 Å². The van der Waals surface area contributed by atoms with Crippen molar-refractivity contribution in [2.75, 3.05) is 30.9 Å². The summed E-state index contributed by atoms with van der Waals surface area (Å²) in [7, 11) is 0. The van der Waals surface area contributed by atoms with Crippen LogP contribution in [0, 0.1) is 5.92 Å². The van der Waals surface area contributed by atoms with Crippen LogP contribution in [0.25, 0.3) is 0 Å². The molecule has 2 atom stereocenters. The fourth-order valence-corrected chi connectivity index (χ4v) is 2.26. The van der Waals surface area contributed by atoms with E-state index in [1.807, 2.05) is 25.1 Å². The van der Waals surface area contributed by atoms with Gasteiger partial charge in [0.2, 0.25) is 0 Å². The van der Waals surface area contributed by atoms with Gasteiger partial charge in [0.1, 0.15) is 5.75 Å². The lowest BCUT2D eigenvalue weighted by Gasteiger charge is -2.22. The molecule has 2 rings (SSSR count). The van der Waals surface area contributed by atoms with Gasteiger partial charge >= 0.3 is 0 Å². The van der Waals surface area contributed by atoms with Crippen LogP contribution in [0.15, 0.2) is 18.2 Å². The minimum Gasteiger partial charge on any atom is -0.492 e. The summed E-state index contributed by atoms with van der Waals surface area (Å²) in [5.74, 6) is 1.30. The number of para-hydroxylation sites is 1. The highest BCUT2D eigenvalue weighted by molar-refractivity contribution is 5.73. The van der Waals surface area contributed by atoms with E-state index in [0.29, 0.717) is 24.3 Å². The van der Waals surface area contributed by atoms with Gasteiger partial charge in [-0.15, -0.1) is 0 Å². The van der Waals surface area contributed by atoms with Crippen molar-refractivity contribution in [3.05, 3.63) is 18.2 Å². The highest BCUT2D eigenvalue weighted by Gasteiger charge is 2.22. The van der Waals surface area contributed by atoms with Gasteiger partial charge in [-0.2, -0.15) is 0 Å². The Balaban J connectivity index is 2.06. The molecule has 1 aliphatic heterocycles. The second-order valence-electron chi connectivity index (χ2n) is 4.71. The summed E-state index contributed by atoms with van der Waals surface area (Å²) in [6, 6.07) is 6.20. The van der Waals surface area contributed by atoms with Gasteiger partial charge in [0, 0.05) is 18.6 Å². The Kier molecular flexibility index (Phi) is 4.31. The van der Waals surface area contributed by atoms with Crippen molar-refractivity contribution in [2.24, 2.45) is 5.92 Å². The molecule has 4 nitrogen and oxygen atoms in total. The first-order chi connectivity index (χ1) is 8.72. The SMILES string of the molecule is CCOc1cccc(NC(C)C2CCOC2)c1N. The number of hydrogen-bond acceptors (Lipinski definition) is 4. The number of nitrogen functional groups attached to an aromatic ring is 1. The maximum atomic E-state index is 6.10. The molecule has 1 heterocycles. The Bertz CT molecular complexity index is 389. The van der Waals surface area contributed by atoms with Crippen LogP contribution in [-0.2, 0) is 4.74 Å². The number of hydrogen-bond donors (Lipinski definition) is 2. The summed E-state index contributed by atoms with van der Waals surface area (Å²) >= 11 is 0. The molecular formula is C14H22N2O2. The molecule has 0 aromatic heterocycles. The van der Waals surface area contributed by atoms with E-state index in [1.54, 1.807) is 0 Å². The fourth-order valence-electron chi connectivity index (χ4n) is 2.26. The third-order valence-electron chi connectivity index (χ3n) is 3.42. The first-order valence-corrected chi connectivity index (χ1v) is 6.58. The van der Waals surface area contributed by atoms with Crippen LogP contribution in [0.5, 0.6) is 5.75 Å². The maximum absolute atomic E-state index is 6.10. The summed E-state index contributed by atoms with van der Waals surface area (Å²) in [5.41, 5.74) is 7.73. The van der Waals surface area contributed by atoms with Crippen LogP contribution in [0.3, 0.4) is 0 Å². The second kappa shape index (κ2) is 5.96. The van der Waals surface area contributed by atoms with E-state index in [9.17, 15) is 0 Å². The van der Waals surface area contributed by atoms with Crippen molar-refractivity contribution in [3.8, 4) is 5.75 Å². The average molecular weight is 250 g/mol. The molecule has 2 unspecified atom stereocenters. The molecule has 0 amide bonds. The summed E-state index contributed by atoms with van der Waals surface area (Å²) in [4.78, 5) is 0. The monoisotopic (exact) mass is 250 g/mol. The van der Waals surface area contributed by atoms with Gasteiger partial charge in [0.15, 0.2) is 0 Å². The molecule has 1 aliphatic rings. The number of ether oxygens (including phenoxy) is 2. The fraction of sp³-hybridized carbons (Fsp3) is 0.571. The minimum atomic E-state index is 0.353. The van der Waals surface area contributed by atoms with E-state index in [0.717, 1.165) is 31.1 Å². The van der Waals surface area contributed by atoms with Crippen LogP contribution in [-0.4, -0.2) is 25.9 Å². The van der Waals surface area contributed by atoms with E-state index in [1.165, 1.54) is 0 Å². The zero-order valence-electron chi connectivity index (χ0n) is 11.1. The molecule has 1 saturated heterocycles. The quantitative estimate of drug-likeness (QED) is 0.788. The van der Waals surface area contributed by atoms with Crippen LogP contribution in [0.2, 0.25) is 0 Å². The van der Waals surface area contributed by atoms with Crippen molar-refractivity contribution in [2.45, 2.75) is 26.3 Å². The Morgan fingerprint density at radius 3 is 3.06 bits per heavy atom. The van der Waals surface area contributed by atoms with Gasteiger partial charge in [-0.05, 0) is 32.4 Å². The molecule has 0 bridgehead atoms. The first kappa shape index (κ1) is 13.0. The van der Waals surface area contributed by atoms with Crippen molar-refractivity contribution in [1.82, 2.24) is 0 Å². The van der Waals surface area contributed by atoms with Crippen molar-refractivity contribution >= 4 is 11.4 Å². The number of nitrogens with one attached hydrogen (secondary N) is 1. The van der Waals surface area contributed by atoms with Gasteiger partial charge in [-0.1, -0.05) is 6.07 Å². The Labute approximate surface area is 108 Å². The van der Waals surface area contributed by atoms with Crippen LogP contribution < -0.4 is 15.8 Å². The highest BCUT2D eigenvalue weighted by atomic mass is 16.5. The highest BCUT2D eigenvalue weighted by Crippen LogP contribution is 2.31. The molecule has 1 fully saturated rings. The zero-order chi connectivity index (χ0) is 13.0. The van der Waals surface area contributed by atoms with Gasteiger partial charge in [0.05, 0.1) is 24.6 Å². The van der Waals surface area contributed by atoms with E-state index in [4.69, 9.17) is 15.2 Å². The molecule has 0 spiro atoms. The van der Waals surface area contributed by atoms with Gasteiger partial charge in [-0.25, -0.2) is 0 Å². The predicted molar refractivity (Wildman–Crippen MR) is 74.0 cm³/mol. The number of rotatable bonds is 5. The molecule has 3 N–H and O–H groups in total. The molecule has 1 aromatic carbocycles. The minimum absolute atomic E-state index is 0.353. The summed E-state index contributed by atoms with van der Waals surface area (Å²) in [6.07, 6.45) is 1.11. The van der Waals surface area contributed by atoms with E-state index < -0.39 is 0 Å². The topological polar surface area (TPSA) is 56.5 Å². The van der Waals surface area contributed by atoms with Crippen molar-refractivity contribution in [1.29, 1.82) is 0 Å². The summed E-state index contributed by atoms with van der Waals surface area (Å²) < 4.78 is 10.9. The van der Waals surface area contributed by atoms with Crippen LogP contribution >= 0.6 is 0 Å². The third kappa shape index (κ3) is 2.88. The van der Waals surface area contributed by atoms with Crippen molar-refractivity contribution in [3.63, 3.8) is 0 Å². The largest absolute Gasteiger partial charge is 0.492 e. The molecule has 4 heteroatoms. The smallest absolute Gasteiger partial charge is 0.144 e. The van der Waals surface area contributed by atoms with Gasteiger partial charge in [0.25, 0.3) is 0 Å². The standard InChI is InChI=1S/C14H22N2O2/c1-3-18-13-6-4-5-12(14(13)15)16-10(2)11-7-8-17-9-11/h4-6,10-11,16H,3,7-9,15H2,1-2H3. The molecule has 0 saturated carbocycles. The molecule has 100 valence electrons. The Morgan fingerprint density at radius 1 is 1.56 bits per heavy atom. The number of anilines is 2. The van der Waals surface area contributed by atoms with Crippen LogP contribution in [0.4, 0.5) is 11.4 Å². The molecule has 0 radical (unpaired) electrons. The maximum Gasteiger partial charge on any atom is 0.144 e. The van der Waals surface area contributed by atoms with Crippen molar-refractivity contribution < 1.29 is 9.47 Å². The third-order valence-corrected chi connectivity index (χ3v) is 3.42. The van der Waals surface area contributed by atoms with Crippen LogP contribution in [0.1, 0.15) is 20.3 Å². The molecule has 18 heavy (non-hydrogen) atoms. The Hall–Kier alpha value is -1.42. The lowest BCUT2D eigenvalue weighted by atomic mass is 10.0. The lowest BCUT2D eigenvalue weighted by molar-refractivity contribution is 0.183. The average Bonchev–Trinajstić information content (AvgIpc) is 2.88. The second-order valence-corrected chi connectivity index (χ2v) is 4.71. The van der Waals surface area contributed by atoms with E-state index in [2.05, 4.69) is 12.2 Å². The Morgan fingerprint density at radius 2 is 2.39 bits per heavy atom. The number of benzene rings is 1. The normalized spacial score (nSPS) is 20.7. The lowest BCUT2D eigenvalue weighted by Crippen LogP contribution is -2.26. The summed E-state index contributed by atoms with van der Waals surface area (Å²) in [5, 5.41) is 3.47. The zero-order valence-corrected chi connectivity index (χ0v) is 11.1. The van der Waals surface area contributed by atoms with Gasteiger partial charge < -0.3 is 20.5 Å². The first-order valence-electron chi connectivity index (χ1n) is 6.58. The molecule has 1 aromatic rings. The number of nitrogens with two attached hydrogens (primary N) is 1. The molecule has 0 aliphatic carbocycles. The predicted octanol–water partition coefficient (Wildman–Crippen LogP) is 2.50. The van der Waals surface area contributed by atoms with E-state index in [-0.39, 0.29) is 0 Å². The molecular weight excluding hydrogens is 228 g/mol. The van der Waals surface area contributed by atoms with E-state index >= 15 is 0 Å². The summed E-state index contributed by atoms with van der Waals surface area (Å²) in [6.45, 7) is 6.45.